The van der Waals surface area contributed by atoms with E-state index in [0.717, 1.165) is 22.5 Å². The van der Waals surface area contributed by atoms with E-state index >= 15 is 0 Å². The number of phenols is 1. The van der Waals surface area contributed by atoms with E-state index < -0.39 is 17.5 Å². The average molecular weight is 511 g/mol. The fourth-order valence-electron chi connectivity index (χ4n) is 3.43. The van der Waals surface area contributed by atoms with Gasteiger partial charge in [-0.05, 0) is 87.7 Å². The van der Waals surface area contributed by atoms with Crippen LogP contribution in [0.1, 0.15) is 55.0 Å². The van der Waals surface area contributed by atoms with Crippen molar-refractivity contribution in [2.24, 2.45) is 5.10 Å². The molecule has 6 nitrogen and oxygen atoms in total. The van der Waals surface area contributed by atoms with Crippen LogP contribution in [0.3, 0.4) is 0 Å². The molecule has 0 fully saturated rings. The largest absolute Gasteiger partial charge is 0.508 e. The van der Waals surface area contributed by atoms with Crippen molar-refractivity contribution >= 4 is 5.84 Å². The third-order valence-corrected chi connectivity index (χ3v) is 5.19. The summed E-state index contributed by atoms with van der Waals surface area (Å²) in [5, 5.41) is 13.6. The average Bonchev–Trinajstić information content (AvgIpc) is 3.39. The van der Waals surface area contributed by atoms with Gasteiger partial charge in [0.25, 0.3) is 0 Å². The number of halogens is 3. The monoisotopic (exact) mass is 510 g/mol. The number of ether oxygens (including phenoxy) is 1. The van der Waals surface area contributed by atoms with E-state index in [2.05, 4.69) is 33.4 Å². The fraction of sp³-hybridized carbons (Fsp3) is 0.250. The number of nitrogens with zero attached hydrogens (tertiary/aromatic N) is 1. The van der Waals surface area contributed by atoms with Gasteiger partial charge in [-0.2, -0.15) is 13.2 Å². The molecule has 0 unspecified atom stereocenters. The Morgan fingerprint density at radius 2 is 1.84 bits per heavy atom. The minimum absolute atomic E-state index is 0.209. The van der Waals surface area contributed by atoms with E-state index in [-0.39, 0.29) is 5.56 Å². The number of phenolic OH excluding ortho intramolecular Hbond substituents is 1. The molecule has 1 aliphatic heterocycles. The lowest BCUT2D eigenvalue weighted by molar-refractivity contribution is -0.137. The highest BCUT2D eigenvalue weighted by Gasteiger charge is 2.33. The molecule has 2 aromatic carbocycles. The van der Waals surface area contributed by atoms with Gasteiger partial charge < -0.3 is 9.84 Å². The lowest BCUT2D eigenvalue weighted by Gasteiger charge is -2.11. The number of amidine groups is 1. The zero-order valence-electron chi connectivity index (χ0n) is 20.8. The number of hydrazine groups is 2. The molecule has 1 heterocycles. The van der Waals surface area contributed by atoms with Crippen molar-refractivity contribution in [1.29, 1.82) is 0 Å². The summed E-state index contributed by atoms with van der Waals surface area (Å²) in [5.74, 6) is 6.38. The summed E-state index contributed by atoms with van der Waals surface area (Å²) in [5.41, 5.74) is 10.4. The normalized spacial score (nSPS) is 13.4. The maximum atomic E-state index is 13.4. The summed E-state index contributed by atoms with van der Waals surface area (Å²) in [7, 11) is 0. The number of benzene rings is 2. The second kappa shape index (κ2) is 12.7. The first kappa shape index (κ1) is 27.4. The second-order valence-electron chi connectivity index (χ2n) is 8.44. The highest BCUT2D eigenvalue weighted by molar-refractivity contribution is 5.99. The molecule has 3 rings (SSSR count). The molecule has 0 atom stereocenters. The lowest BCUT2D eigenvalue weighted by Crippen LogP contribution is -2.35. The van der Waals surface area contributed by atoms with Gasteiger partial charge in [-0.25, -0.2) is 5.53 Å². The van der Waals surface area contributed by atoms with Crippen molar-refractivity contribution < 1.29 is 23.0 Å². The van der Waals surface area contributed by atoms with Crippen molar-refractivity contribution in [3.05, 3.63) is 99.9 Å². The molecule has 0 aromatic heterocycles. The van der Waals surface area contributed by atoms with Crippen molar-refractivity contribution in [3.63, 3.8) is 0 Å². The smallest absolute Gasteiger partial charge is 0.417 e. The number of aryl methyl sites for hydroxylation is 1. The van der Waals surface area contributed by atoms with Crippen LogP contribution in [0.25, 0.3) is 0 Å². The Hall–Kier alpha value is -4.16. The molecule has 0 amide bonds. The first-order valence-electron chi connectivity index (χ1n) is 11.7. The highest BCUT2D eigenvalue weighted by Crippen LogP contribution is 2.33. The number of hydrogen-bond acceptors (Lipinski definition) is 6. The number of aromatic hydroxyl groups is 1. The van der Waals surface area contributed by atoms with Crippen LogP contribution in [-0.2, 0) is 17.3 Å². The molecule has 0 saturated carbocycles. The molecule has 0 saturated heterocycles. The highest BCUT2D eigenvalue weighted by atomic mass is 19.4. The van der Waals surface area contributed by atoms with E-state index in [0.29, 0.717) is 36.9 Å². The topological polar surface area (TPSA) is 77.9 Å². The Morgan fingerprint density at radius 3 is 2.51 bits per heavy atom. The number of alkyl halides is 3. The van der Waals surface area contributed by atoms with Gasteiger partial charge in [0.1, 0.15) is 11.5 Å². The summed E-state index contributed by atoms with van der Waals surface area (Å²) < 4.78 is 46.2. The Balaban J connectivity index is 1.85. The van der Waals surface area contributed by atoms with Gasteiger partial charge in [0.2, 0.25) is 0 Å². The minimum atomic E-state index is -4.64. The molecule has 0 aliphatic carbocycles. The summed E-state index contributed by atoms with van der Waals surface area (Å²) in [6.07, 6.45) is 4.27. The molecule has 0 spiro atoms. The molecule has 4 N–H and O–H groups in total. The van der Waals surface area contributed by atoms with Crippen molar-refractivity contribution in [2.45, 2.75) is 39.8 Å². The predicted octanol–water partition coefficient (Wildman–Crippen LogP) is 5.46. The minimum Gasteiger partial charge on any atom is -0.508 e. The van der Waals surface area contributed by atoms with Gasteiger partial charge in [0, 0.05) is 16.7 Å². The quantitative estimate of drug-likeness (QED) is 0.164. The predicted molar refractivity (Wildman–Crippen MR) is 138 cm³/mol. The summed E-state index contributed by atoms with van der Waals surface area (Å²) in [4.78, 5) is 0. The molecule has 194 valence electrons. The van der Waals surface area contributed by atoms with Crippen LogP contribution >= 0.6 is 0 Å². The third kappa shape index (κ3) is 8.19. The molecule has 0 bridgehead atoms. The Labute approximate surface area is 214 Å². The van der Waals surface area contributed by atoms with E-state index in [1.807, 2.05) is 51.1 Å². The number of nitrogens with one attached hydrogen (secondary N) is 3. The number of hydrogen-bond donors (Lipinski definition) is 4. The Morgan fingerprint density at radius 1 is 1.08 bits per heavy atom. The van der Waals surface area contributed by atoms with Gasteiger partial charge in [-0.1, -0.05) is 29.6 Å². The van der Waals surface area contributed by atoms with Crippen LogP contribution in [-0.4, -0.2) is 17.5 Å². The van der Waals surface area contributed by atoms with Gasteiger partial charge in [-0.3, -0.25) is 5.43 Å². The van der Waals surface area contributed by atoms with E-state index in [1.54, 1.807) is 12.1 Å². The molecule has 0 radical (unpaired) electrons. The number of allylic oxidation sites excluding steroid dienone is 5. The maximum absolute atomic E-state index is 13.4. The summed E-state index contributed by atoms with van der Waals surface area (Å²) >= 11 is 0. The van der Waals surface area contributed by atoms with Crippen LogP contribution in [0.5, 0.6) is 5.75 Å². The van der Waals surface area contributed by atoms with Crippen molar-refractivity contribution in [2.75, 3.05) is 6.61 Å². The van der Waals surface area contributed by atoms with Crippen LogP contribution in [0.15, 0.2) is 77.1 Å². The van der Waals surface area contributed by atoms with Crippen LogP contribution < -0.4 is 16.5 Å². The molecule has 9 heteroatoms. The van der Waals surface area contributed by atoms with Crippen molar-refractivity contribution in [1.82, 2.24) is 16.5 Å². The van der Waals surface area contributed by atoms with Crippen molar-refractivity contribution in [3.8, 4) is 17.6 Å². The third-order valence-electron chi connectivity index (χ3n) is 5.19. The van der Waals surface area contributed by atoms with Gasteiger partial charge >= 0.3 is 6.18 Å². The Bertz CT molecular complexity index is 1290. The van der Waals surface area contributed by atoms with Gasteiger partial charge in [0.05, 0.1) is 12.2 Å². The second-order valence-corrected chi connectivity index (χ2v) is 8.44. The van der Waals surface area contributed by atoms with Crippen LogP contribution in [0.4, 0.5) is 13.2 Å². The van der Waals surface area contributed by atoms with E-state index in [9.17, 15) is 18.3 Å². The number of rotatable bonds is 8. The maximum Gasteiger partial charge on any atom is 0.417 e. The standard InChI is InChI=1S/C28H29F3N4O2/c1-4-6-25(15-8-19(2)3)37-16-5-7-22-17-23(27-32-34-35-33-27)12-10-20(22)9-11-21-13-14-24(36)18-26(21)28(29,30)31/h4,6,8,10,12-15,17-18,34-36H,5,7,16H2,1-3H3,(H,32,33)/b6-4-,25-15+. The zero-order chi connectivity index (χ0) is 26.8. The molecular weight excluding hydrogens is 481 g/mol. The Kier molecular flexibility index (Phi) is 9.41. The molecular formula is C28H29F3N4O2. The van der Waals surface area contributed by atoms with Gasteiger partial charge in [-0.15, -0.1) is 10.6 Å². The SMILES string of the molecule is C/C=C\C(=C/C=C(C)C)OCCCc1cc(C2=NNNN2)ccc1C#Cc1ccc(O)cc1C(F)(F)F. The zero-order valence-corrected chi connectivity index (χ0v) is 20.8. The van der Waals surface area contributed by atoms with E-state index in [4.69, 9.17) is 4.74 Å². The summed E-state index contributed by atoms with van der Waals surface area (Å²) in [6.45, 7) is 6.37. The van der Waals surface area contributed by atoms with Crippen LogP contribution in [0, 0.1) is 11.8 Å². The molecule has 2 aromatic rings. The molecule has 37 heavy (non-hydrogen) atoms. The number of hydrazone groups is 1. The molecule has 1 aliphatic rings. The first-order chi connectivity index (χ1) is 17.7. The van der Waals surface area contributed by atoms with Gasteiger partial charge in [0.15, 0.2) is 5.84 Å². The first-order valence-corrected chi connectivity index (χ1v) is 11.7. The van der Waals surface area contributed by atoms with E-state index in [1.165, 1.54) is 12.1 Å². The van der Waals surface area contributed by atoms with Crippen LogP contribution in [0.2, 0.25) is 0 Å². The lowest BCUT2D eigenvalue weighted by atomic mass is 9.99. The summed E-state index contributed by atoms with van der Waals surface area (Å²) in [6, 6.07) is 8.49. The fourth-order valence-corrected chi connectivity index (χ4v) is 3.43.